The Kier molecular flexibility index (Phi) is 6.33. The van der Waals surface area contributed by atoms with Crippen LogP contribution in [0.1, 0.15) is 24.6 Å². The molecule has 112 valence electrons. The second-order valence-corrected chi connectivity index (χ2v) is 6.07. The monoisotopic (exact) mass is 350 g/mol. The second-order valence-electron chi connectivity index (χ2n) is 5.15. The molecule has 0 bridgehead atoms. The third-order valence-electron chi connectivity index (χ3n) is 3.32. The van der Waals surface area contributed by atoms with Gasteiger partial charge in [0.05, 0.1) is 0 Å². The summed E-state index contributed by atoms with van der Waals surface area (Å²) in [6.45, 7) is 3.13. The first kappa shape index (κ1) is 16.1. The summed E-state index contributed by atoms with van der Waals surface area (Å²) in [5.74, 6) is -0.189. The highest BCUT2D eigenvalue weighted by molar-refractivity contribution is 9.10. The molecule has 1 aromatic carbocycles. The minimum Gasteiger partial charge on any atom is -0.313 e. The van der Waals surface area contributed by atoms with Gasteiger partial charge in [-0.2, -0.15) is 0 Å². The smallest absolute Gasteiger partial charge is 0.123 e. The molecule has 0 radical (unpaired) electrons. The quantitative estimate of drug-likeness (QED) is 0.811. The van der Waals surface area contributed by atoms with Crippen molar-refractivity contribution in [2.75, 3.05) is 6.54 Å². The van der Waals surface area contributed by atoms with E-state index in [2.05, 4.69) is 33.2 Å². The molecule has 2 nitrogen and oxygen atoms in total. The van der Waals surface area contributed by atoms with Crippen molar-refractivity contribution in [3.05, 3.63) is 64.1 Å². The van der Waals surface area contributed by atoms with Crippen LogP contribution in [0.25, 0.3) is 0 Å². The van der Waals surface area contributed by atoms with Crippen molar-refractivity contribution in [1.29, 1.82) is 0 Å². The largest absolute Gasteiger partial charge is 0.313 e. The van der Waals surface area contributed by atoms with Gasteiger partial charge < -0.3 is 5.32 Å². The Bertz CT molecular complexity index is 492. The lowest BCUT2D eigenvalue weighted by Gasteiger charge is -2.18. The lowest BCUT2D eigenvalue weighted by molar-refractivity contribution is 0.500. The first-order valence-corrected chi connectivity index (χ1v) is 8.05. The summed E-state index contributed by atoms with van der Waals surface area (Å²) >= 11 is 3.40. The van der Waals surface area contributed by atoms with Gasteiger partial charge in [-0.1, -0.05) is 19.1 Å². The van der Waals surface area contributed by atoms with Gasteiger partial charge in [0.25, 0.3) is 0 Å². The highest BCUT2D eigenvalue weighted by Gasteiger charge is 2.11. The molecule has 4 heteroatoms. The van der Waals surface area contributed by atoms with Crippen molar-refractivity contribution in [3.8, 4) is 0 Å². The Balaban J connectivity index is 2.02. The summed E-state index contributed by atoms with van der Waals surface area (Å²) in [5, 5.41) is 3.55. The van der Waals surface area contributed by atoms with Gasteiger partial charge in [0.2, 0.25) is 0 Å². The minimum atomic E-state index is -0.189. The number of halogens is 2. The van der Waals surface area contributed by atoms with Crippen LogP contribution >= 0.6 is 15.9 Å². The summed E-state index contributed by atoms with van der Waals surface area (Å²) in [6, 6.07) is 11.1. The van der Waals surface area contributed by atoms with Gasteiger partial charge in [-0.3, -0.25) is 4.98 Å². The number of hydrogen-bond donors (Lipinski definition) is 1. The summed E-state index contributed by atoms with van der Waals surface area (Å²) in [6.07, 6.45) is 4.65. The molecule has 0 aliphatic rings. The van der Waals surface area contributed by atoms with E-state index in [9.17, 15) is 4.39 Å². The molecule has 0 spiro atoms. The van der Waals surface area contributed by atoms with E-state index in [1.807, 2.05) is 30.5 Å². The zero-order valence-corrected chi connectivity index (χ0v) is 13.7. The Hall–Kier alpha value is -1.26. The Morgan fingerprint density at radius 1 is 1.14 bits per heavy atom. The van der Waals surface area contributed by atoms with E-state index in [4.69, 9.17) is 0 Å². The second kappa shape index (κ2) is 8.25. The molecule has 1 aromatic heterocycles. The van der Waals surface area contributed by atoms with E-state index in [-0.39, 0.29) is 5.82 Å². The Morgan fingerprint density at radius 3 is 2.52 bits per heavy atom. The van der Waals surface area contributed by atoms with Crippen LogP contribution in [-0.4, -0.2) is 17.6 Å². The molecule has 1 heterocycles. The molecule has 0 saturated heterocycles. The van der Waals surface area contributed by atoms with E-state index in [0.717, 1.165) is 41.5 Å². The fourth-order valence-electron chi connectivity index (χ4n) is 2.25. The van der Waals surface area contributed by atoms with Gasteiger partial charge >= 0.3 is 0 Å². The van der Waals surface area contributed by atoms with Crippen molar-refractivity contribution < 1.29 is 4.39 Å². The molecule has 0 aliphatic carbocycles. The van der Waals surface area contributed by atoms with Gasteiger partial charge in [0.1, 0.15) is 5.82 Å². The van der Waals surface area contributed by atoms with Gasteiger partial charge in [-0.25, -0.2) is 4.39 Å². The number of nitrogens with zero attached hydrogens (tertiary/aromatic N) is 1. The standard InChI is InChI=1S/C17H20BrFN2/c1-2-9-20-17(10-13-3-6-15(19)7-4-13)11-16-8-5-14(18)12-21-16/h3-8,12,17,20H,2,9-11H2,1H3. The maximum absolute atomic E-state index is 13.0. The number of nitrogens with one attached hydrogen (secondary N) is 1. The topological polar surface area (TPSA) is 24.9 Å². The maximum atomic E-state index is 13.0. The highest BCUT2D eigenvalue weighted by atomic mass is 79.9. The van der Waals surface area contributed by atoms with Gasteiger partial charge in [0.15, 0.2) is 0 Å². The lowest BCUT2D eigenvalue weighted by atomic mass is 10.0. The van der Waals surface area contributed by atoms with Gasteiger partial charge in [-0.05, 0) is 65.1 Å². The molecule has 1 N–H and O–H groups in total. The molecule has 1 atom stereocenters. The first-order valence-electron chi connectivity index (χ1n) is 7.25. The van der Waals surface area contributed by atoms with E-state index < -0.39 is 0 Å². The molecule has 0 fully saturated rings. The lowest BCUT2D eigenvalue weighted by Crippen LogP contribution is -2.34. The molecule has 0 saturated carbocycles. The number of pyridine rings is 1. The maximum Gasteiger partial charge on any atom is 0.123 e. The molecule has 0 amide bonds. The van der Waals surface area contributed by atoms with Gasteiger partial charge in [0, 0.05) is 28.8 Å². The van der Waals surface area contributed by atoms with E-state index in [1.165, 1.54) is 12.1 Å². The summed E-state index contributed by atoms with van der Waals surface area (Å²) in [7, 11) is 0. The van der Waals surface area contributed by atoms with Crippen molar-refractivity contribution in [2.24, 2.45) is 0 Å². The SMILES string of the molecule is CCCNC(Cc1ccc(F)cc1)Cc1ccc(Br)cn1. The van der Waals surface area contributed by atoms with E-state index >= 15 is 0 Å². The zero-order valence-electron chi connectivity index (χ0n) is 12.2. The summed E-state index contributed by atoms with van der Waals surface area (Å²) < 4.78 is 14.0. The van der Waals surface area contributed by atoms with Crippen LogP contribution in [0.4, 0.5) is 4.39 Å². The fraction of sp³-hybridized carbons (Fsp3) is 0.353. The van der Waals surface area contributed by atoms with Crippen LogP contribution < -0.4 is 5.32 Å². The summed E-state index contributed by atoms with van der Waals surface area (Å²) in [5.41, 5.74) is 2.20. The normalized spacial score (nSPS) is 12.3. The molecular formula is C17H20BrFN2. The van der Waals surface area contributed by atoms with Crippen LogP contribution in [0.2, 0.25) is 0 Å². The molecule has 0 aliphatic heterocycles. The van der Waals surface area contributed by atoms with E-state index in [1.54, 1.807) is 0 Å². The predicted molar refractivity (Wildman–Crippen MR) is 87.8 cm³/mol. The number of rotatable bonds is 7. The van der Waals surface area contributed by atoms with E-state index in [0.29, 0.717) is 6.04 Å². The van der Waals surface area contributed by atoms with Crippen LogP contribution in [0.5, 0.6) is 0 Å². The van der Waals surface area contributed by atoms with Crippen LogP contribution in [0, 0.1) is 5.82 Å². The van der Waals surface area contributed by atoms with Crippen molar-refractivity contribution in [1.82, 2.24) is 10.3 Å². The first-order chi connectivity index (χ1) is 10.2. The third-order valence-corrected chi connectivity index (χ3v) is 3.79. The van der Waals surface area contributed by atoms with Crippen LogP contribution in [0.15, 0.2) is 47.1 Å². The Labute approximate surface area is 133 Å². The Morgan fingerprint density at radius 2 is 1.90 bits per heavy atom. The molecule has 1 unspecified atom stereocenters. The molecule has 2 rings (SSSR count). The molecule has 21 heavy (non-hydrogen) atoms. The number of hydrogen-bond acceptors (Lipinski definition) is 2. The molecular weight excluding hydrogens is 331 g/mol. The van der Waals surface area contributed by atoms with Gasteiger partial charge in [-0.15, -0.1) is 0 Å². The van der Waals surface area contributed by atoms with Crippen LogP contribution in [0.3, 0.4) is 0 Å². The minimum absolute atomic E-state index is 0.189. The average Bonchev–Trinajstić information content (AvgIpc) is 2.49. The van der Waals surface area contributed by atoms with Crippen LogP contribution in [-0.2, 0) is 12.8 Å². The fourth-order valence-corrected chi connectivity index (χ4v) is 2.48. The summed E-state index contributed by atoms with van der Waals surface area (Å²) in [4.78, 5) is 4.44. The van der Waals surface area contributed by atoms with Crippen molar-refractivity contribution in [3.63, 3.8) is 0 Å². The predicted octanol–water partition coefficient (Wildman–Crippen LogP) is 4.14. The highest BCUT2D eigenvalue weighted by Crippen LogP contribution is 2.12. The van der Waals surface area contributed by atoms with Crippen molar-refractivity contribution in [2.45, 2.75) is 32.2 Å². The van der Waals surface area contributed by atoms with Crippen molar-refractivity contribution >= 4 is 15.9 Å². The molecule has 2 aromatic rings. The number of benzene rings is 1. The number of aromatic nitrogens is 1. The zero-order chi connectivity index (χ0) is 15.1. The third kappa shape index (κ3) is 5.56. The average molecular weight is 351 g/mol.